The average Bonchev–Trinajstić information content (AvgIpc) is 2.61. The number of benzene rings is 2. The number of hydrogen-bond donors (Lipinski definition) is 1. The van der Waals surface area contributed by atoms with Crippen LogP contribution in [0.3, 0.4) is 0 Å². The zero-order chi connectivity index (χ0) is 19.6. The van der Waals surface area contributed by atoms with Gasteiger partial charge in [0.15, 0.2) is 0 Å². The van der Waals surface area contributed by atoms with Gasteiger partial charge in [-0.25, -0.2) is 13.2 Å². The van der Waals surface area contributed by atoms with Gasteiger partial charge >= 0.3 is 0 Å². The van der Waals surface area contributed by atoms with E-state index in [4.69, 9.17) is 0 Å². The molecule has 0 aromatic heterocycles. The van der Waals surface area contributed by atoms with Gasteiger partial charge in [0, 0.05) is 30.5 Å². The highest BCUT2D eigenvalue weighted by Gasteiger charge is 2.22. The molecule has 2 aromatic carbocycles. The molecule has 0 saturated carbocycles. The van der Waals surface area contributed by atoms with Crippen LogP contribution in [0.5, 0.6) is 0 Å². The van der Waals surface area contributed by atoms with Crippen molar-refractivity contribution in [1.29, 1.82) is 0 Å². The Bertz CT molecular complexity index is 835. The summed E-state index contributed by atoms with van der Waals surface area (Å²) in [5.41, 5.74) is 0.559. The van der Waals surface area contributed by atoms with Gasteiger partial charge in [0.2, 0.25) is 0 Å². The summed E-state index contributed by atoms with van der Waals surface area (Å²) in [6.07, 6.45) is 1.93. The van der Waals surface area contributed by atoms with Crippen molar-refractivity contribution in [2.45, 2.75) is 18.9 Å². The van der Waals surface area contributed by atoms with E-state index in [1.807, 2.05) is 11.9 Å². The highest BCUT2D eigenvalue weighted by atomic mass is 19.1. The predicted molar refractivity (Wildman–Crippen MR) is 99.6 cm³/mol. The van der Waals surface area contributed by atoms with Crippen molar-refractivity contribution in [3.8, 4) is 0 Å². The first-order valence-electron chi connectivity index (χ1n) is 8.82. The molecule has 27 heavy (non-hydrogen) atoms. The maximum Gasteiger partial charge on any atom is 0.258 e. The fourth-order valence-corrected chi connectivity index (χ4v) is 3.32. The smallest absolute Gasteiger partial charge is 0.258 e. The molecule has 1 heterocycles. The van der Waals surface area contributed by atoms with Crippen molar-refractivity contribution < 1.29 is 18.0 Å². The summed E-state index contributed by atoms with van der Waals surface area (Å²) in [7, 11) is 3.97. The summed E-state index contributed by atoms with van der Waals surface area (Å²) < 4.78 is 40.9. The van der Waals surface area contributed by atoms with E-state index in [2.05, 4.69) is 17.3 Å². The Morgan fingerprint density at radius 3 is 2.44 bits per heavy atom. The van der Waals surface area contributed by atoms with Gasteiger partial charge < -0.3 is 15.1 Å². The minimum Gasteiger partial charge on any atom is -0.371 e. The van der Waals surface area contributed by atoms with Crippen LogP contribution in [0.25, 0.3) is 0 Å². The number of nitrogens with one attached hydrogen (secondary N) is 1. The molecule has 0 bridgehead atoms. The van der Waals surface area contributed by atoms with E-state index in [-0.39, 0.29) is 17.3 Å². The Labute approximate surface area is 156 Å². The number of carbonyl (C=O) groups excluding carboxylic acids is 1. The van der Waals surface area contributed by atoms with E-state index in [9.17, 15) is 18.0 Å². The van der Waals surface area contributed by atoms with Gasteiger partial charge in [-0.2, -0.15) is 0 Å². The average molecular weight is 377 g/mol. The lowest BCUT2D eigenvalue weighted by Crippen LogP contribution is -2.42. The van der Waals surface area contributed by atoms with Crippen LogP contribution in [-0.4, -0.2) is 44.0 Å². The molecule has 0 atom stereocenters. The molecule has 1 N–H and O–H groups in total. The normalized spacial score (nSPS) is 15.6. The van der Waals surface area contributed by atoms with Gasteiger partial charge in [0.25, 0.3) is 5.91 Å². The van der Waals surface area contributed by atoms with Crippen molar-refractivity contribution in [2.75, 3.05) is 37.4 Å². The lowest BCUT2D eigenvalue weighted by atomic mass is 10.0. The SMILES string of the molecule is CN1CCC(N(C)c2cc(F)cc(NC(=O)c3ccc(F)cc3F)c2)CC1. The van der Waals surface area contributed by atoms with Crippen LogP contribution in [0, 0.1) is 17.5 Å². The molecule has 1 fully saturated rings. The number of carbonyl (C=O) groups is 1. The van der Waals surface area contributed by atoms with Crippen molar-refractivity contribution >= 4 is 17.3 Å². The third kappa shape index (κ3) is 4.60. The van der Waals surface area contributed by atoms with E-state index in [1.165, 1.54) is 12.1 Å². The van der Waals surface area contributed by atoms with Gasteiger partial charge in [-0.1, -0.05) is 0 Å². The number of rotatable bonds is 4. The first-order valence-corrected chi connectivity index (χ1v) is 8.82. The second kappa shape index (κ2) is 8.00. The Balaban J connectivity index is 1.77. The predicted octanol–water partition coefficient (Wildman–Crippen LogP) is 3.89. The second-order valence-electron chi connectivity index (χ2n) is 6.92. The minimum atomic E-state index is -0.965. The van der Waals surface area contributed by atoms with Crippen molar-refractivity contribution in [1.82, 2.24) is 4.90 Å². The minimum absolute atomic E-state index is 0.221. The first-order chi connectivity index (χ1) is 12.8. The molecule has 0 spiro atoms. The third-order valence-electron chi connectivity index (χ3n) is 4.96. The molecule has 0 radical (unpaired) electrons. The van der Waals surface area contributed by atoms with E-state index in [1.54, 1.807) is 6.07 Å². The maximum absolute atomic E-state index is 14.1. The van der Waals surface area contributed by atoms with Crippen LogP contribution in [-0.2, 0) is 0 Å². The second-order valence-corrected chi connectivity index (χ2v) is 6.92. The van der Waals surface area contributed by atoms with Crippen molar-refractivity contribution in [3.63, 3.8) is 0 Å². The fraction of sp³-hybridized carbons (Fsp3) is 0.350. The molecule has 3 rings (SSSR count). The Hall–Kier alpha value is -2.54. The lowest BCUT2D eigenvalue weighted by molar-refractivity contribution is 0.102. The van der Waals surface area contributed by atoms with Crippen LogP contribution in [0.2, 0.25) is 0 Å². The van der Waals surface area contributed by atoms with Crippen LogP contribution >= 0.6 is 0 Å². The first kappa shape index (κ1) is 19.2. The Kier molecular flexibility index (Phi) is 5.70. The number of halogens is 3. The van der Waals surface area contributed by atoms with Gasteiger partial charge in [0.05, 0.1) is 5.56 Å². The molecule has 4 nitrogen and oxygen atoms in total. The number of amides is 1. The molecular formula is C20H22F3N3O. The largest absolute Gasteiger partial charge is 0.371 e. The van der Waals surface area contributed by atoms with Gasteiger partial charge in [0.1, 0.15) is 17.5 Å². The molecule has 0 unspecified atom stereocenters. The van der Waals surface area contributed by atoms with E-state index in [0.29, 0.717) is 11.8 Å². The summed E-state index contributed by atoms with van der Waals surface area (Å²) in [6.45, 7) is 1.94. The van der Waals surface area contributed by atoms with Crippen molar-refractivity contribution in [3.05, 3.63) is 59.4 Å². The Morgan fingerprint density at radius 1 is 1.07 bits per heavy atom. The highest BCUT2D eigenvalue weighted by Crippen LogP contribution is 2.26. The summed E-state index contributed by atoms with van der Waals surface area (Å²) in [6, 6.07) is 7.22. The van der Waals surface area contributed by atoms with Crippen LogP contribution in [0.15, 0.2) is 36.4 Å². The van der Waals surface area contributed by atoms with Crippen LogP contribution < -0.4 is 10.2 Å². The number of likely N-dealkylation sites (tertiary alicyclic amines) is 1. The molecule has 144 valence electrons. The molecular weight excluding hydrogens is 355 g/mol. The standard InChI is InChI=1S/C20H22F3N3O/c1-25-7-5-16(6-8-25)26(2)17-10-14(22)9-15(12-17)24-20(27)18-4-3-13(21)11-19(18)23/h3-4,9-12,16H,5-8H2,1-2H3,(H,24,27). The van der Waals surface area contributed by atoms with Gasteiger partial charge in [-0.3, -0.25) is 4.79 Å². The number of hydrogen-bond acceptors (Lipinski definition) is 3. The number of anilines is 2. The lowest BCUT2D eigenvalue weighted by Gasteiger charge is -2.36. The summed E-state index contributed by atoms with van der Waals surface area (Å²) >= 11 is 0. The van der Waals surface area contributed by atoms with E-state index in [0.717, 1.165) is 38.1 Å². The summed E-state index contributed by atoms with van der Waals surface area (Å²) in [4.78, 5) is 16.5. The molecule has 1 aliphatic rings. The molecule has 0 aliphatic carbocycles. The van der Waals surface area contributed by atoms with E-state index < -0.39 is 23.4 Å². The zero-order valence-electron chi connectivity index (χ0n) is 15.3. The third-order valence-corrected chi connectivity index (χ3v) is 4.96. The van der Waals surface area contributed by atoms with Gasteiger partial charge in [-0.05, 0) is 63.3 Å². The summed E-state index contributed by atoms with van der Waals surface area (Å²) in [5, 5.41) is 2.49. The van der Waals surface area contributed by atoms with Gasteiger partial charge in [-0.15, -0.1) is 0 Å². The molecule has 2 aromatic rings. The molecule has 7 heteroatoms. The highest BCUT2D eigenvalue weighted by molar-refractivity contribution is 6.04. The quantitative estimate of drug-likeness (QED) is 0.878. The fourth-order valence-electron chi connectivity index (χ4n) is 3.32. The molecule has 1 saturated heterocycles. The monoisotopic (exact) mass is 377 g/mol. The van der Waals surface area contributed by atoms with Crippen LogP contribution in [0.1, 0.15) is 23.2 Å². The summed E-state index contributed by atoms with van der Waals surface area (Å²) in [5.74, 6) is -2.99. The van der Waals surface area contributed by atoms with Crippen LogP contribution in [0.4, 0.5) is 24.5 Å². The molecule has 1 amide bonds. The maximum atomic E-state index is 14.1. The van der Waals surface area contributed by atoms with E-state index >= 15 is 0 Å². The number of piperidine rings is 1. The topological polar surface area (TPSA) is 35.6 Å². The number of nitrogens with zero attached hydrogens (tertiary/aromatic N) is 2. The molecule has 1 aliphatic heterocycles. The van der Waals surface area contributed by atoms with Crippen molar-refractivity contribution in [2.24, 2.45) is 0 Å². The zero-order valence-corrected chi connectivity index (χ0v) is 15.3. The Morgan fingerprint density at radius 2 is 1.78 bits per heavy atom.